The summed E-state index contributed by atoms with van der Waals surface area (Å²) in [6, 6.07) is 3.73. The van der Waals surface area contributed by atoms with E-state index in [-0.39, 0.29) is 29.9 Å². The lowest BCUT2D eigenvalue weighted by Gasteiger charge is -2.26. The van der Waals surface area contributed by atoms with Gasteiger partial charge in [0.05, 0.1) is 4.88 Å². The zero-order valence-electron chi connectivity index (χ0n) is 16.4. The Morgan fingerprint density at radius 3 is 2.81 bits per heavy atom. The number of thiophene rings is 1. The van der Waals surface area contributed by atoms with Crippen LogP contribution in [0.15, 0.2) is 22.5 Å². The number of hydrogen-bond acceptors (Lipinski definition) is 4. The number of nitrogens with one attached hydrogen (secondary N) is 2. The van der Waals surface area contributed by atoms with Gasteiger partial charge in [0.1, 0.15) is 0 Å². The van der Waals surface area contributed by atoms with Gasteiger partial charge in [0.25, 0.3) is 5.91 Å². The van der Waals surface area contributed by atoms with Crippen molar-refractivity contribution in [3.8, 4) is 0 Å². The minimum absolute atomic E-state index is 0. The van der Waals surface area contributed by atoms with Crippen molar-refractivity contribution < 1.29 is 9.53 Å². The van der Waals surface area contributed by atoms with Gasteiger partial charge in [0.2, 0.25) is 0 Å². The molecule has 1 saturated heterocycles. The monoisotopic (exact) mass is 508 g/mol. The maximum Gasteiger partial charge on any atom is 0.261 e. The third kappa shape index (κ3) is 9.25. The molecular weight excluding hydrogens is 475 g/mol. The number of carbonyl (C=O) groups is 1. The Balaban J connectivity index is 0.00000364. The van der Waals surface area contributed by atoms with Crippen LogP contribution in [-0.4, -0.2) is 63.2 Å². The number of rotatable bonds is 9. The summed E-state index contributed by atoms with van der Waals surface area (Å²) >= 11 is 1.46. The van der Waals surface area contributed by atoms with Crippen LogP contribution in [0.1, 0.15) is 42.3 Å². The van der Waals surface area contributed by atoms with Gasteiger partial charge in [-0.05, 0) is 50.0 Å². The molecule has 1 aliphatic heterocycles. The van der Waals surface area contributed by atoms with E-state index < -0.39 is 0 Å². The maximum atomic E-state index is 11.9. The summed E-state index contributed by atoms with van der Waals surface area (Å²) < 4.78 is 5.43. The van der Waals surface area contributed by atoms with Gasteiger partial charge in [-0.3, -0.25) is 9.79 Å². The van der Waals surface area contributed by atoms with E-state index in [1.807, 2.05) is 17.5 Å². The summed E-state index contributed by atoms with van der Waals surface area (Å²) in [4.78, 5) is 19.5. The first-order chi connectivity index (χ1) is 12.7. The van der Waals surface area contributed by atoms with Gasteiger partial charge in [0, 0.05) is 46.4 Å². The summed E-state index contributed by atoms with van der Waals surface area (Å²) in [6.07, 6.45) is 4.36. The minimum Gasteiger partial charge on any atom is -0.381 e. The zero-order chi connectivity index (χ0) is 18.6. The third-order valence-electron chi connectivity index (χ3n) is 4.54. The molecule has 0 atom stereocenters. The number of halogens is 1. The molecule has 2 rings (SSSR count). The van der Waals surface area contributed by atoms with Crippen molar-refractivity contribution in [2.24, 2.45) is 10.9 Å². The van der Waals surface area contributed by atoms with Crippen molar-refractivity contribution >= 4 is 47.2 Å². The predicted molar refractivity (Wildman–Crippen MR) is 123 cm³/mol. The van der Waals surface area contributed by atoms with Crippen LogP contribution in [0, 0.1) is 5.92 Å². The van der Waals surface area contributed by atoms with Crippen molar-refractivity contribution in [3.63, 3.8) is 0 Å². The number of guanidine groups is 1. The molecule has 1 aliphatic rings. The molecule has 27 heavy (non-hydrogen) atoms. The van der Waals surface area contributed by atoms with Crippen LogP contribution in [0.25, 0.3) is 0 Å². The molecule has 6 nitrogen and oxygen atoms in total. The number of hydrogen-bond donors (Lipinski definition) is 2. The second kappa shape index (κ2) is 14.2. The standard InChI is InChI=1S/C19H32N4O2S.HI/c1-3-20-19(23(2)12-7-16-8-13-25-14-9-16)22-11-5-10-21-18(24)17-6-4-15-26-17;/h4,6,15-16H,3,5,7-14H2,1-2H3,(H,20,22)(H,21,24);1H. The summed E-state index contributed by atoms with van der Waals surface area (Å²) in [5, 5.41) is 8.22. The van der Waals surface area contributed by atoms with Crippen LogP contribution in [-0.2, 0) is 4.74 Å². The van der Waals surface area contributed by atoms with Gasteiger partial charge in [-0.2, -0.15) is 0 Å². The molecule has 1 aromatic rings. The summed E-state index contributed by atoms with van der Waals surface area (Å²) in [5.74, 6) is 1.72. The lowest BCUT2D eigenvalue weighted by molar-refractivity contribution is 0.0625. The fourth-order valence-corrected chi connectivity index (χ4v) is 3.59. The molecule has 1 fully saturated rings. The summed E-state index contributed by atoms with van der Waals surface area (Å²) in [6.45, 7) is 7.10. The maximum absolute atomic E-state index is 11.9. The van der Waals surface area contributed by atoms with E-state index in [4.69, 9.17) is 9.73 Å². The zero-order valence-corrected chi connectivity index (χ0v) is 19.6. The number of amides is 1. The molecule has 0 radical (unpaired) electrons. The highest BCUT2D eigenvalue weighted by molar-refractivity contribution is 14.0. The Bertz CT molecular complexity index is 548. The molecule has 0 bridgehead atoms. The molecule has 0 aliphatic carbocycles. The first kappa shape index (κ1) is 24.2. The van der Waals surface area contributed by atoms with E-state index >= 15 is 0 Å². The highest BCUT2D eigenvalue weighted by Crippen LogP contribution is 2.18. The van der Waals surface area contributed by atoms with Crippen LogP contribution in [0.3, 0.4) is 0 Å². The van der Waals surface area contributed by atoms with Crippen molar-refractivity contribution in [2.75, 3.05) is 46.4 Å². The van der Waals surface area contributed by atoms with Gasteiger partial charge in [-0.25, -0.2) is 0 Å². The van der Waals surface area contributed by atoms with Gasteiger partial charge in [-0.1, -0.05) is 6.07 Å². The molecule has 0 spiro atoms. The SMILES string of the molecule is CCNC(=NCCCNC(=O)c1cccs1)N(C)CCC1CCOCC1.I. The Hall–Kier alpha value is -0.870. The van der Waals surface area contributed by atoms with Crippen molar-refractivity contribution in [1.82, 2.24) is 15.5 Å². The van der Waals surface area contributed by atoms with Crippen LogP contribution in [0.5, 0.6) is 0 Å². The van der Waals surface area contributed by atoms with Gasteiger partial charge in [0.15, 0.2) is 5.96 Å². The average Bonchev–Trinajstić information content (AvgIpc) is 3.20. The normalized spacial score (nSPS) is 15.1. The summed E-state index contributed by atoms with van der Waals surface area (Å²) in [7, 11) is 2.10. The highest BCUT2D eigenvalue weighted by Gasteiger charge is 2.15. The Morgan fingerprint density at radius 2 is 2.15 bits per heavy atom. The number of nitrogens with zero attached hydrogens (tertiary/aromatic N) is 2. The van der Waals surface area contributed by atoms with Gasteiger partial charge < -0.3 is 20.3 Å². The number of aliphatic imine (C=N–C) groups is 1. The van der Waals surface area contributed by atoms with E-state index in [0.29, 0.717) is 13.1 Å². The van der Waals surface area contributed by atoms with Crippen LogP contribution < -0.4 is 10.6 Å². The molecule has 154 valence electrons. The molecule has 8 heteroatoms. The molecule has 1 amide bonds. The molecule has 1 aromatic heterocycles. The topological polar surface area (TPSA) is 66.0 Å². The van der Waals surface area contributed by atoms with Crippen LogP contribution in [0.4, 0.5) is 0 Å². The highest BCUT2D eigenvalue weighted by atomic mass is 127. The Labute approximate surface area is 184 Å². The molecule has 2 N–H and O–H groups in total. The second-order valence-electron chi connectivity index (χ2n) is 6.59. The number of carbonyl (C=O) groups excluding carboxylic acids is 1. The van der Waals surface area contributed by atoms with Crippen molar-refractivity contribution in [2.45, 2.75) is 32.6 Å². The van der Waals surface area contributed by atoms with Crippen molar-refractivity contribution in [3.05, 3.63) is 22.4 Å². The number of ether oxygens (including phenoxy) is 1. The quantitative estimate of drug-likeness (QED) is 0.233. The minimum atomic E-state index is 0. The Kier molecular flexibility index (Phi) is 12.7. The molecule has 0 saturated carbocycles. The molecule has 0 aromatic carbocycles. The van der Waals surface area contributed by atoms with Crippen LogP contribution in [0.2, 0.25) is 0 Å². The lowest BCUT2D eigenvalue weighted by Crippen LogP contribution is -2.40. The first-order valence-electron chi connectivity index (χ1n) is 9.59. The van der Waals surface area contributed by atoms with Gasteiger partial charge in [-0.15, -0.1) is 35.3 Å². The fraction of sp³-hybridized carbons (Fsp3) is 0.684. The Morgan fingerprint density at radius 1 is 1.37 bits per heavy atom. The van der Waals surface area contributed by atoms with E-state index in [2.05, 4.69) is 29.5 Å². The third-order valence-corrected chi connectivity index (χ3v) is 5.41. The molecule has 2 heterocycles. The average molecular weight is 508 g/mol. The summed E-state index contributed by atoms with van der Waals surface area (Å²) in [5.41, 5.74) is 0. The van der Waals surface area contributed by atoms with Gasteiger partial charge >= 0.3 is 0 Å². The van der Waals surface area contributed by atoms with E-state index in [0.717, 1.165) is 49.5 Å². The lowest BCUT2D eigenvalue weighted by atomic mass is 9.96. The fourth-order valence-electron chi connectivity index (χ4n) is 2.95. The largest absolute Gasteiger partial charge is 0.381 e. The molecule has 0 unspecified atom stereocenters. The predicted octanol–water partition coefficient (Wildman–Crippen LogP) is 3.20. The van der Waals surface area contributed by atoms with Crippen LogP contribution >= 0.6 is 35.3 Å². The smallest absolute Gasteiger partial charge is 0.261 e. The van der Waals surface area contributed by atoms with E-state index in [1.54, 1.807) is 0 Å². The first-order valence-corrected chi connectivity index (χ1v) is 10.5. The van der Waals surface area contributed by atoms with E-state index in [9.17, 15) is 4.79 Å². The van der Waals surface area contributed by atoms with E-state index in [1.165, 1.54) is 30.6 Å². The molecular formula is C19H33IN4O2S. The van der Waals surface area contributed by atoms with Crippen molar-refractivity contribution in [1.29, 1.82) is 0 Å². The second-order valence-corrected chi connectivity index (χ2v) is 7.54.